The van der Waals surface area contributed by atoms with Crippen LogP contribution in [0.2, 0.25) is 0 Å². The topological polar surface area (TPSA) is 24.9 Å². The largest absolute Gasteiger partial charge is 0.311 e. The van der Waals surface area contributed by atoms with E-state index in [1.54, 1.807) is 13.2 Å². The van der Waals surface area contributed by atoms with Gasteiger partial charge in [0.15, 0.2) is 0 Å². The van der Waals surface area contributed by atoms with Gasteiger partial charge in [0.05, 0.1) is 11.7 Å². The molecule has 0 saturated carbocycles. The lowest BCUT2D eigenvalue weighted by molar-refractivity contribution is 0.553. The van der Waals surface area contributed by atoms with E-state index >= 15 is 0 Å². The number of benzene rings is 1. The first-order valence-electron chi connectivity index (χ1n) is 5.83. The first kappa shape index (κ1) is 14.1. The van der Waals surface area contributed by atoms with Crippen molar-refractivity contribution in [2.24, 2.45) is 0 Å². The van der Waals surface area contributed by atoms with E-state index in [-0.39, 0.29) is 6.04 Å². The molecule has 0 amide bonds. The smallest absolute Gasteiger partial charge is 0.126 e. The maximum Gasteiger partial charge on any atom is 0.126 e. The van der Waals surface area contributed by atoms with Crippen molar-refractivity contribution in [3.63, 3.8) is 0 Å². The van der Waals surface area contributed by atoms with Crippen LogP contribution in [0.4, 0.5) is 8.78 Å². The predicted molar refractivity (Wildman–Crippen MR) is 73.8 cm³/mol. The van der Waals surface area contributed by atoms with E-state index in [1.807, 2.05) is 12.1 Å². The highest BCUT2D eigenvalue weighted by Gasteiger charge is 2.15. The molecule has 0 fully saturated rings. The Bertz CT molecular complexity index is 555. The van der Waals surface area contributed by atoms with Crippen molar-refractivity contribution < 1.29 is 8.78 Å². The third-order valence-corrected chi connectivity index (χ3v) is 3.50. The summed E-state index contributed by atoms with van der Waals surface area (Å²) in [5, 5.41) is 3.11. The molecule has 1 unspecified atom stereocenters. The van der Waals surface area contributed by atoms with Gasteiger partial charge in [-0.3, -0.25) is 4.98 Å². The van der Waals surface area contributed by atoms with Crippen molar-refractivity contribution in [3.8, 4) is 0 Å². The number of likely N-dealkylation sites (N-methyl/N-ethyl adjacent to an activating group) is 1. The fraction of sp³-hybridized carbons (Fsp3) is 0.214. The second-order valence-corrected chi connectivity index (χ2v) is 5.05. The number of pyridine rings is 1. The molecule has 5 heteroatoms. The van der Waals surface area contributed by atoms with Crippen LogP contribution in [0.3, 0.4) is 0 Å². The van der Waals surface area contributed by atoms with Crippen molar-refractivity contribution in [1.29, 1.82) is 0 Å². The highest BCUT2D eigenvalue weighted by atomic mass is 79.9. The molecule has 1 heterocycles. The Kier molecular flexibility index (Phi) is 4.61. The summed E-state index contributed by atoms with van der Waals surface area (Å²) in [6.07, 6.45) is 2.15. The van der Waals surface area contributed by atoms with Gasteiger partial charge in [-0.2, -0.15) is 0 Å². The van der Waals surface area contributed by atoms with E-state index in [9.17, 15) is 8.78 Å². The summed E-state index contributed by atoms with van der Waals surface area (Å²) in [6.45, 7) is 0. The lowest BCUT2D eigenvalue weighted by Crippen LogP contribution is -2.20. The Morgan fingerprint density at radius 2 is 1.95 bits per heavy atom. The van der Waals surface area contributed by atoms with Crippen LogP contribution < -0.4 is 5.32 Å². The molecule has 0 saturated heterocycles. The van der Waals surface area contributed by atoms with Gasteiger partial charge in [0.2, 0.25) is 0 Å². The van der Waals surface area contributed by atoms with Gasteiger partial charge >= 0.3 is 0 Å². The standard InChI is InChI=1S/C14H13BrF2N2/c1-18-13(14-12(15)3-2-4-19-14)7-9-5-10(16)8-11(17)6-9/h2-6,8,13,18H,7H2,1H3. The van der Waals surface area contributed by atoms with Crippen molar-refractivity contribution in [1.82, 2.24) is 10.3 Å². The molecule has 0 radical (unpaired) electrons. The minimum absolute atomic E-state index is 0.114. The highest BCUT2D eigenvalue weighted by Crippen LogP contribution is 2.24. The number of halogens is 3. The summed E-state index contributed by atoms with van der Waals surface area (Å²) >= 11 is 3.43. The molecule has 0 aliphatic rings. The van der Waals surface area contributed by atoms with Crippen LogP contribution in [-0.4, -0.2) is 12.0 Å². The zero-order valence-electron chi connectivity index (χ0n) is 10.3. The summed E-state index contributed by atoms with van der Waals surface area (Å²) in [5.74, 6) is -1.13. The van der Waals surface area contributed by atoms with Crippen LogP contribution in [0, 0.1) is 11.6 Å². The zero-order valence-corrected chi connectivity index (χ0v) is 11.9. The quantitative estimate of drug-likeness (QED) is 0.928. The van der Waals surface area contributed by atoms with Crippen LogP contribution in [0.15, 0.2) is 41.0 Å². The molecule has 0 aliphatic carbocycles. The Hall–Kier alpha value is -1.33. The van der Waals surface area contributed by atoms with Gasteiger partial charge < -0.3 is 5.32 Å². The number of rotatable bonds is 4. The summed E-state index contributed by atoms with van der Waals surface area (Å²) in [6, 6.07) is 7.14. The molecule has 2 rings (SSSR count). The molecule has 1 atom stereocenters. The average Bonchev–Trinajstić information content (AvgIpc) is 2.36. The maximum atomic E-state index is 13.2. The monoisotopic (exact) mass is 326 g/mol. The molecule has 19 heavy (non-hydrogen) atoms. The van der Waals surface area contributed by atoms with Gasteiger partial charge in [-0.05, 0) is 59.2 Å². The molecular weight excluding hydrogens is 314 g/mol. The van der Waals surface area contributed by atoms with E-state index in [0.29, 0.717) is 12.0 Å². The highest BCUT2D eigenvalue weighted by molar-refractivity contribution is 9.10. The lowest BCUT2D eigenvalue weighted by Gasteiger charge is -2.17. The Balaban J connectivity index is 2.26. The molecular formula is C14H13BrF2N2. The van der Waals surface area contributed by atoms with Gasteiger partial charge in [0.25, 0.3) is 0 Å². The predicted octanol–water partition coefficient (Wildman–Crippen LogP) is 3.63. The van der Waals surface area contributed by atoms with E-state index in [4.69, 9.17) is 0 Å². The first-order chi connectivity index (χ1) is 9.10. The lowest BCUT2D eigenvalue weighted by atomic mass is 10.0. The third-order valence-electron chi connectivity index (χ3n) is 2.83. The third kappa shape index (κ3) is 3.58. The second-order valence-electron chi connectivity index (χ2n) is 4.19. The van der Waals surface area contributed by atoms with Gasteiger partial charge in [0, 0.05) is 16.7 Å². The van der Waals surface area contributed by atoms with Crippen LogP contribution in [0.5, 0.6) is 0 Å². The molecule has 1 N–H and O–H groups in total. The van der Waals surface area contributed by atoms with Gasteiger partial charge in [-0.25, -0.2) is 8.78 Å². The number of nitrogens with one attached hydrogen (secondary N) is 1. The summed E-state index contributed by atoms with van der Waals surface area (Å²) < 4.78 is 27.2. The van der Waals surface area contributed by atoms with Crippen LogP contribution in [0.1, 0.15) is 17.3 Å². The maximum absolute atomic E-state index is 13.2. The number of hydrogen-bond acceptors (Lipinski definition) is 2. The fourth-order valence-electron chi connectivity index (χ4n) is 1.95. The summed E-state index contributed by atoms with van der Waals surface area (Å²) in [5.41, 5.74) is 1.41. The molecule has 0 bridgehead atoms. The number of hydrogen-bond donors (Lipinski definition) is 1. The fourth-order valence-corrected chi connectivity index (χ4v) is 2.49. The van der Waals surface area contributed by atoms with E-state index in [0.717, 1.165) is 16.2 Å². The Morgan fingerprint density at radius 1 is 1.26 bits per heavy atom. The zero-order chi connectivity index (χ0) is 13.8. The van der Waals surface area contributed by atoms with Crippen molar-refractivity contribution in [2.75, 3.05) is 7.05 Å². The van der Waals surface area contributed by atoms with Gasteiger partial charge in [-0.15, -0.1) is 0 Å². The second kappa shape index (κ2) is 6.21. The minimum atomic E-state index is -0.565. The molecule has 0 spiro atoms. The van der Waals surface area contributed by atoms with E-state index < -0.39 is 11.6 Å². The van der Waals surface area contributed by atoms with E-state index in [2.05, 4.69) is 26.2 Å². The Labute approximate surface area is 119 Å². The average molecular weight is 327 g/mol. The van der Waals surface area contributed by atoms with Crippen molar-refractivity contribution in [3.05, 3.63) is 63.9 Å². The molecule has 2 aromatic rings. The molecule has 2 nitrogen and oxygen atoms in total. The van der Waals surface area contributed by atoms with Gasteiger partial charge in [0.1, 0.15) is 11.6 Å². The Morgan fingerprint density at radius 3 is 2.53 bits per heavy atom. The molecule has 1 aromatic heterocycles. The minimum Gasteiger partial charge on any atom is -0.311 e. The molecule has 100 valence electrons. The van der Waals surface area contributed by atoms with Crippen LogP contribution in [-0.2, 0) is 6.42 Å². The summed E-state index contributed by atoms with van der Waals surface area (Å²) in [4.78, 5) is 4.29. The van der Waals surface area contributed by atoms with Crippen LogP contribution >= 0.6 is 15.9 Å². The van der Waals surface area contributed by atoms with Crippen molar-refractivity contribution >= 4 is 15.9 Å². The molecule has 1 aromatic carbocycles. The van der Waals surface area contributed by atoms with Gasteiger partial charge in [-0.1, -0.05) is 0 Å². The van der Waals surface area contributed by atoms with Crippen LogP contribution in [0.25, 0.3) is 0 Å². The molecule has 0 aliphatic heterocycles. The first-order valence-corrected chi connectivity index (χ1v) is 6.62. The summed E-state index contributed by atoms with van der Waals surface area (Å²) in [7, 11) is 1.79. The van der Waals surface area contributed by atoms with Crippen molar-refractivity contribution in [2.45, 2.75) is 12.5 Å². The SMILES string of the molecule is CNC(Cc1cc(F)cc(F)c1)c1ncccc1Br. The number of aromatic nitrogens is 1. The normalized spacial score (nSPS) is 12.4. The number of nitrogens with zero attached hydrogens (tertiary/aromatic N) is 1. The van der Waals surface area contributed by atoms with E-state index in [1.165, 1.54) is 12.1 Å².